The van der Waals surface area contributed by atoms with Gasteiger partial charge >= 0.3 is 0 Å². The van der Waals surface area contributed by atoms with Crippen molar-refractivity contribution in [1.82, 2.24) is 10.8 Å². The zero-order valence-electron chi connectivity index (χ0n) is 28.8. The number of primary amides is 1. The predicted octanol–water partition coefficient (Wildman–Crippen LogP) is 8.20. The van der Waals surface area contributed by atoms with Gasteiger partial charge in [-0.3, -0.25) is 19.2 Å². The second-order valence-electron chi connectivity index (χ2n) is 13.8. The quantitative estimate of drug-likeness (QED) is 0.0853. The number of nitrogens with two attached hydrogens (primary N) is 1. The monoisotopic (exact) mass is 641 g/mol. The lowest BCUT2D eigenvalue weighted by molar-refractivity contribution is -0.161. The number of hydrogen-bond donors (Lipinski definition) is 3. The van der Waals surface area contributed by atoms with E-state index in [4.69, 9.17) is 10.6 Å². The van der Waals surface area contributed by atoms with Gasteiger partial charge in [-0.15, -0.1) is 0 Å². The Labute approximate surface area is 282 Å². The molecule has 47 heavy (non-hydrogen) atoms. The Morgan fingerprint density at radius 2 is 1.21 bits per heavy atom. The Bertz CT molecular complexity index is 1320. The molecule has 0 heterocycles. The van der Waals surface area contributed by atoms with Crippen molar-refractivity contribution < 1.29 is 19.2 Å². The van der Waals surface area contributed by atoms with Gasteiger partial charge in [0.25, 0.3) is 5.91 Å². The summed E-state index contributed by atoms with van der Waals surface area (Å²) in [5, 5.41) is 3.29. The molecule has 0 radical (unpaired) electrons. The standard InChI is InChI=1S/C40H55N3O4/c1-5-6-7-8-9-10-11-21-28-40(29-34(41)44,38(46)43-47-30-31-22-15-12-16-23-31)36(39(2,3)4)37(45)42-35(32-24-17-13-18-25-32)33-26-19-14-20-27-33/h12-20,22-27,35-36H,5-11,21,28-30H2,1-4H3,(H2,41,44)(H,42,45)(H,43,46). The van der Waals surface area contributed by atoms with Gasteiger partial charge in [0.15, 0.2) is 0 Å². The third-order valence-electron chi connectivity index (χ3n) is 8.90. The molecule has 3 amide bonds. The predicted molar refractivity (Wildman–Crippen MR) is 189 cm³/mol. The van der Waals surface area contributed by atoms with E-state index in [2.05, 4.69) is 17.7 Å². The number of hydrogen-bond acceptors (Lipinski definition) is 4. The first-order valence-corrected chi connectivity index (χ1v) is 17.2. The summed E-state index contributed by atoms with van der Waals surface area (Å²) in [7, 11) is 0. The average molecular weight is 642 g/mol. The highest BCUT2D eigenvalue weighted by atomic mass is 16.6. The summed E-state index contributed by atoms with van der Waals surface area (Å²) in [5.41, 5.74) is 9.12. The minimum atomic E-state index is -1.44. The molecule has 0 saturated heterocycles. The molecule has 3 rings (SSSR count). The third-order valence-corrected chi connectivity index (χ3v) is 8.90. The number of hydroxylamine groups is 1. The fourth-order valence-corrected chi connectivity index (χ4v) is 6.75. The van der Waals surface area contributed by atoms with Gasteiger partial charge in [0.1, 0.15) is 0 Å². The Kier molecular flexibility index (Phi) is 15.2. The molecule has 3 aromatic rings. The van der Waals surface area contributed by atoms with Crippen LogP contribution in [-0.2, 0) is 25.8 Å². The largest absolute Gasteiger partial charge is 0.370 e. The molecule has 0 fully saturated rings. The minimum Gasteiger partial charge on any atom is -0.370 e. The number of amides is 3. The smallest absolute Gasteiger partial charge is 0.251 e. The molecule has 4 N–H and O–H groups in total. The van der Waals surface area contributed by atoms with E-state index in [1.165, 1.54) is 25.7 Å². The van der Waals surface area contributed by atoms with Gasteiger partial charge < -0.3 is 11.1 Å². The van der Waals surface area contributed by atoms with Crippen LogP contribution in [0.3, 0.4) is 0 Å². The zero-order chi connectivity index (χ0) is 34.1. The molecule has 7 heteroatoms. The fraction of sp³-hybridized carbons (Fsp3) is 0.475. The van der Waals surface area contributed by atoms with Gasteiger partial charge in [-0.1, -0.05) is 170 Å². The molecule has 0 bridgehead atoms. The number of nitrogens with one attached hydrogen (secondary N) is 2. The van der Waals surface area contributed by atoms with Gasteiger partial charge in [-0.05, 0) is 28.5 Å². The maximum atomic E-state index is 14.7. The molecule has 3 aromatic carbocycles. The van der Waals surface area contributed by atoms with Crippen molar-refractivity contribution in [3.05, 3.63) is 108 Å². The molecule has 0 aliphatic heterocycles. The van der Waals surface area contributed by atoms with E-state index >= 15 is 0 Å². The Hall–Kier alpha value is -3.97. The van der Waals surface area contributed by atoms with E-state index in [0.717, 1.165) is 36.0 Å². The van der Waals surface area contributed by atoms with Crippen LogP contribution in [0.1, 0.15) is 115 Å². The third kappa shape index (κ3) is 11.7. The highest BCUT2D eigenvalue weighted by molar-refractivity contribution is 5.94. The van der Waals surface area contributed by atoms with Crippen LogP contribution in [0.4, 0.5) is 0 Å². The van der Waals surface area contributed by atoms with Crippen LogP contribution in [0, 0.1) is 16.7 Å². The maximum absolute atomic E-state index is 14.7. The number of unbranched alkanes of at least 4 members (excludes halogenated alkanes) is 7. The average Bonchev–Trinajstić information content (AvgIpc) is 3.05. The normalized spacial score (nSPS) is 13.5. The van der Waals surface area contributed by atoms with Gasteiger partial charge in [0.2, 0.25) is 11.8 Å². The molecule has 2 atom stereocenters. The summed E-state index contributed by atoms with van der Waals surface area (Å²) in [6, 6.07) is 28.6. The summed E-state index contributed by atoms with van der Waals surface area (Å²) >= 11 is 0. The molecular weight excluding hydrogens is 586 g/mol. The van der Waals surface area contributed by atoms with Crippen molar-refractivity contribution in [2.24, 2.45) is 22.5 Å². The van der Waals surface area contributed by atoms with Gasteiger partial charge in [-0.2, -0.15) is 0 Å². The number of rotatable bonds is 20. The second-order valence-corrected chi connectivity index (χ2v) is 13.8. The Balaban J connectivity index is 1.97. The van der Waals surface area contributed by atoms with Crippen LogP contribution in [0.15, 0.2) is 91.0 Å². The molecule has 2 unspecified atom stereocenters. The summed E-state index contributed by atoms with van der Waals surface area (Å²) in [6.07, 6.45) is 8.59. The summed E-state index contributed by atoms with van der Waals surface area (Å²) in [4.78, 5) is 47.7. The topological polar surface area (TPSA) is 111 Å². The highest BCUT2D eigenvalue weighted by Crippen LogP contribution is 2.47. The van der Waals surface area contributed by atoms with Crippen molar-refractivity contribution in [3.63, 3.8) is 0 Å². The SMILES string of the molecule is CCCCCCCCCCC(CC(N)=O)(C(=O)NOCc1ccccc1)C(C(=O)NC(c1ccccc1)c1ccccc1)C(C)(C)C. The highest BCUT2D eigenvalue weighted by Gasteiger charge is 2.54. The van der Waals surface area contributed by atoms with E-state index in [9.17, 15) is 14.4 Å². The molecule has 0 saturated carbocycles. The molecule has 7 nitrogen and oxygen atoms in total. The zero-order valence-corrected chi connectivity index (χ0v) is 28.8. The summed E-state index contributed by atoms with van der Waals surface area (Å²) in [6.45, 7) is 8.18. The molecule has 0 aromatic heterocycles. The number of carbonyl (C=O) groups excluding carboxylic acids is 3. The van der Waals surface area contributed by atoms with Crippen LogP contribution in [0.2, 0.25) is 0 Å². The summed E-state index contributed by atoms with van der Waals surface area (Å²) in [5.74, 6) is -2.34. The van der Waals surface area contributed by atoms with Crippen LogP contribution in [-0.4, -0.2) is 17.7 Å². The van der Waals surface area contributed by atoms with Gasteiger partial charge in [-0.25, -0.2) is 5.48 Å². The molecular formula is C40H55N3O4. The first kappa shape index (κ1) is 37.5. The first-order chi connectivity index (χ1) is 22.6. The minimum absolute atomic E-state index is 0.146. The van der Waals surface area contributed by atoms with E-state index in [0.29, 0.717) is 12.8 Å². The van der Waals surface area contributed by atoms with E-state index in [1.807, 2.05) is 112 Å². The number of carbonyl (C=O) groups is 3. The van der Waals surface area contributed by atoms with Crippen molar-refractivity contribution in [2.45, 2.75) is 105 Å². The van der Waals surface area contributed by atoms with Gasteiger partial charge in [0.05, 0.1) is 24.0 Å². The lowest BCUT2D eigenvalue weighted by atomic mass is 9.59. The van der Waals surface area contributed by atoms with E-state index < -0.39 is 34.6 Å². The number of benzene rings is 3. The molecule has 0 spiro atoms. The van der Waals surface area contributed by atoms with Crippen LogP contribution in [0.5, 0.6) is 0 Å². The van der Waals surface area contributed by atoms with Gasteiger partial charge in [0, 0.05) is 6.42 Å². The molecule has 0 aliphatic rings. The van der Waals surface area contributed by atoms with E-state index in [1.54, 1.807) is 0 Å². The molecule has 254 valence electrons. The Morgan fingerprint density at radius 1 is 0.723 bits per heavy atom. The van der Waals surface area contributed by atoms with Crippen molar-refractivity contribution in [1.29, 1.82) is 0 Å². The van der Waals surface area contributed by atoms with Crippen LogP contribution < -0.4 is 16.5 Å². The lowest BCUT2D eigenvalue weighted by Gasteiger charge is -2.45. The summed E-state index contributed by atoms with van der Waals surface area (Å²) < 4.78 is 0. The van der Waals surface area contributed by atoms with E-state index in [-0.39, 0.29) is 18.9 Å². The van der Waals surface area contributed by atoms with Crippen molar-refractivity contribution in [3.8, 4) is 0 Å². The van der Waals surface area contributed by atoms with Crippen LogP contribution in [0.25, 0.3) is 0 Å². The fourth-order valence-electron chi connectivity index (χ4n) is 6.75. The maximum Gasteiger partial charge on any atom is 0.251 e. The van der Waals surface area contributed by atoms with Crippen LogP contribution >= 0.6 is 0 Å². The van der Waals surface area contributed by atoms with Crippen molar-refractivity contribution in [2.75, 3.05) is 0 Å². The second kappa shape index (κ2) is 19.0. The van der Waals surface area contributed by atoms with Crippen molar-refractivity contribution >= 4 is 17.7 Å². The molecule has 0 aliphatic carbocycles. The lowest BCUT2D eigenvalue weighted by Crippen LogP contribution is -2.57. The first-order valence-electron chi connectivity index (χ1n) is 17.2. The Morgan fingerprint density at radius 3 is 1.70 bits per heavy atom.